The van der Waals surface area contributed by atoms with Crippen LogP contribution in [-0.2, 0) is 6.42 Å². The third-order valence-corrected chi connectivity index (χ3v) is 10.6. The van der Waals surface area contributed by atoms with Crippen LogP contribution >= 0.6 is 11.8 Å². The van der Waals surface area contributed by atoms with Crippen molar-refractivity contribution in [1.29, 1.82) is 0 Å². The lowest BCUT2D eigenvalue weighted by Crippen LogP contribution is -2.45. The van der Waals surface area contributed by atoms with Crippen molar-refractivity contribution in [1.82, 2.24) is 20.2 Å². The zero-order valence-electron chi connectivity index (χ0n) is 29.4. The molecule has 3 heterocycles. The number of anilines is 2. The number of fused-ring (bicyclic) bond motifs is 2. The number of methoxy groups -OCH3 is 1. The summed E-state index contributed by atoms with van der Waals surface area (Å²) in [6.07, 6.45) is 3.93. The van der Waals surface area contributed by atoms with Crippen LogP contribution < -0.4 is 26.7 Å². The number of nitrogens with zero attached hydrogens (tertiary/aromatic N) is 2. The Morgan fingerprint density at radius 3 is 2.60 bits per heavy atom. The number of carbonyl (C=O) groups excluding carboxylic acids is 2. The quantitative estimate of drug-likeness (QED) is 0.0999. The van der Waals surface area contributed by atoms with Gasteiger partial charge < -0.3 is 36.1 Å². The highest BCUT2D eigenvalue weighted by Gasteiger charge is 2.24. The largest absolute Gasteiger partial charge is 0.506 e. The van der Waals surface area contributed by atoms with E-state index in [1.165, 1.54) is 24.0 Å². The third kappa shape index (κ3) is 7.84. The third-order valence-electron chi connectivity index (χ3n) is 9.63. The van der Waals surface area contributed by atoms with Gasteiger partial charge in [-0.2, -0.15) is 0 Å². The van der Waals surface area contributed by atoms with E-state index in [2.05, 4.69) is 26.7 Å². The van der Waals surface area contributed by atoms with E-state index in [0.717, 1.165) is 68.7 Å². The van der Waals surface area contributed by atoms with E-state index < -0.39 is 5.91 Å². The van der Waals surface area contributed by atoms with Gasteiger partial charge in [-0.15, -0.1) is 0 Å². The highest BCUT2D eigenvalue weighted by atomic mass is 32.2. The molecular weight excluding hydrogens is 689 g/mol. The lowest BCUT2D eigenvalue weighted by molar-refractivity contribution is 0.0705. The Morgan fingerprint density at radius 1 is 1.00 bits per heavy atom. The number of aromatic hydroxyl groups is 1. The van der Waals surface area contributed by atoms with E-state index in [1.807, 2.05) is 72.5 Å². The molecule has 0 spiro atoms. The first-order valence-electron chi connectivity index (χ1n) is 17.5. The van der Waals surface area contributed by atoms with E-state index in [0.29, 0.717) is 35.6 Å². The number of aryl methyl sites for hydroxylation is 1. The molecule has 11 nitrogen and oxygen atoms in total. The Hall–Kier alpha value is -5.85. The van der Waals surface area contributed by atoms with Gasteiger partial charge in [0.1, 0.15) is 11.5 Å². The van der Waals surface area contributed by atoms with Crippen LogP contribution in [0.1, 0.15) is 44.7 Å². The standard InChI is InChI=1S/C41H40N6O5S/c1-24-19-31(22-33-37(24)44-23-34(40(42)50)38(33)45-28-6-4-7-29(21-28)52-2)53-30-8-3-5-26(20-30)41(51)47-17-14-27(15-18-47)43-16-13-25-9-11-35(48)39-32(25)10-12-36(49)46-39/h3-12,19-23,27,43,48H,13-18H2,1-2H3,(H2,42,50)(H,44,45)(H,46,49). The first-order valence-corrected chi connectivity index (χ1v) is 18.3. The van der Waals surface area contributed by atoms with Gasteiger partial charge in [0.05, 0.1) is 29.4 Å². The van der Waals surface area contributed by atoms with Crippen LogP contribution in [0.5, 0.6) is 11.5 Å². The number of rotatable bonds is 11. The van der Waals surface area contributed by atoms with Crippen LogP contribution in [-0.4, -0.2) is 64.6 Å². The molecule has 1 aliphatic rings. The van der Waals surface area contributed by atoms with Crippen molar-refractivity contribution < 1.29 is 19.4 Å². The summed E-state index contributed by atoms with van der Waals surface area (Å²) in [4.78, 5) is 49.0. The minimum Gasteiger partial charge on any atom is -0.506 e. The summed E-state index contributed by atoms with van der Waals surface area (Å²) in [6.45, 7) is 4.03. The zero-order chi connectivity index (χ0) is 37.1. The monoisotopic (exact) mass is 728 g/mol. The molecule has 0 atom stereocenters. The van der Waals surface area contributed by atoms with Crippen LogP contribution in [0.15, 0.2) is 106 Å². The van der Waals surface area contributed by atoms with E-state index >= 15 is 0 Å². The number of piperidine rings is 1. The fourth-order valence-electron chi connectivity index (χ4n) is 6.90. The van der Waals surface area contributed by atoms with Crippen LogP contribution in [0.2, 0.25) is 0 Å². The van der Waals surface area contributed by atoms with Gasteiger partial charge in [-0.25, -0.2) is 0 Å². The minimum absolute atomic E-state index is 0.00484. The predicted molar refractivity (Wildman–Crippen MR) is 209 cm³/mol. The second-order valence-corrected chi connectivity index (χ2v) is 14.3. The molecule has 0 saturated carbocycles. The second-order valence-electron chi connectivity index (χ2n) is 13.2. The number of nitrogens with two attached hydrogens (primary N) is 1. The van der Waals surface area contributed by atoms with E-state index in [-0.39, 0.29) is 28.8 Å². The zero-order valence-corrected chi connectivity index (χ0v) is 30.3. The van der Waals surface area contributed by atoms with Crippen LogP contribution in [0.4, 0.5) is 11.4 Å². The SMILES string of the molecule is COc1cccc(Nc2c(C(N)=O)cnc3c(C)cc(Sc4cccc(C(=O)N5CCC(NCCc6ccc(O)c7[nH]c(=O)ccc67)CC5)c4)cc23)c1. The van der Waals surface area contributed by atoms with Gasteiger partial charge in [-0.05, 0) is 98.5 Å². The number of benzene rings is 4. The topological polar surface area (TPSA) is 163 Å². The number of amides is 2. The molecule has 2 aromatic heterocycles. The molecule has 1 saturated heterocycles. The number of primary amides is 1. The van der Waals surface area contributed by atoms with E-state index in [1.54, 1.807) is 19.2 Å². The molecule has 0 bridgehead atoms. The number of aromatic amines is 1. The second kappa shape index (κ2) is 15.4. The smallest absolute Gasteiger partial charge is 0.253 e. The van der Waals surface area contributed by atoms with Gasteiger partial charge in [0.2, 0.25) is 5.56 Å². The van der Waals surface area contributed by atoms with Crippen LogP contribution in [0, 0.1) is 6.92 Å². The summed E-state index contributed by atoms with van der Waals surface area (Å²) in [7, 11) is 1.60. The number of likely N-dealkylation sites (tertiary alicyclic amines) is 1. The molecule has 0 unspecified atom stereocenters. The number of ether oxygens (including phenoxy) is 1. The maximum Gasteiger partial charge on any atom is 0.253 e. The summed E-state index contributed by atoms with van der Waals surface area (Å²) in [5.41, 5.74) is 10.9. The first-order chi connectivity index (χ1) is 25.7. The Kier molecular flexibility index (Phi) is 10.3. The predicted octanol–water partition coefficient (Wildman–Crippen LogP) is 6.53. The fourth-order valence-corrected chi connectivity index (χ4v) is 7.91. The number of phenolic OH excluding ortho intramolecular Hbond substituents is 1. The lowest BCUT2D eigenvalue weighted by atomic mass is 10.0. The summed E-state index contributed by atoms with van der Waals surface area (Å²) in [5.74, 6) is 0.151. The van der Waals surface area contributed by atoms with Crippen LogP contribution in [0.3, 0.4) is 0 Å². The van der Waals surface area contributed by atoms with Crippen molar-refractivity contribution in [3.8, 4) is 11.5 Å². The molecule has 1 fully saturated rings. The number of hydrogen-bond donors (Lipinski definition) is 5. The molecule has 0 aliphatic carbocycles. The average molecular weight is 729 g/mol. The molecule has 6 N–H and O–H groups in total. The van der Waals surface area contributed by atoms with Gasteiger partial charge in [-0.1, -0.05) is 30.0 Å². The van der Waals surface area contributed by atoms with E-state index in [4.69, 9.17) is 10.5 Å². The number of pyridine rings is 2. The van der Waals surface area contributed by atoms with Crippen LogP contribution in [0.25, 0.3) is 21.8 Å². The number of H-pyrrole nitrogens is 1. The summed E-state index contributed by atoms with van der Waals surface area (Å²) in [6, 6.07) is 26.2. The molecule has 12 heteroatoms. The maximum absolute atomic E-state index is 13.7. The van der Waals surface area contributed by atoms with Gasteiger partial charge >= 0.3 is 0 Å². The highest BCUT2D eigenvalue weighted by molar-refractivity contribution is 7.99. The average Bonchev–Trinajstić information content (AvgIpc) is 3.16. The molecule has 0 radical (unpaired) electrons. The normalized spacial score (nSPS) is 13.4. The summed E-state index contributed by atoms with van der Waals surface area (Å²) >= 11 is 1.54. The van der Waals surface area contributed by atoms with Crippen molar-refractivity contribution in [2.24, 2.45) is 5.73 Å². The van der Waals surface area contributed by atoms with Crippen molar-refractivity contribution in [3.63, 3.8) is 0 Å². The molecule has 6 aromatic rings. The maximum atomic E-state index is 13.7. The van der Waals surface area contributed by atoms with Gasteiger partial charge in [-0.3, -0.25) is 19.4 Å². The van der Waals surface area contributed by atoms with Gasteiger partial charge in [0, 0.05) is 69.3 Å². The Morgan fingerprint density at radius 2 is 1.81 bits per heavy atom. The highest BCUT2D eigenvalue weighted by Crippen LogP contribution is 2.37. The fraction of sp³-hybridized carbons (Fsp3) is 0.220. The lowest BCUT2D eigenvalue weighted by Gasteiger charge is -2.32. The molecule has 4 aromatic carbocycles. The molecule has 7 rings (SSSR count). The number of nitrogens with one attached hydrogen (secondary N) is 3. The molecule has 53 heavy (non-hydrogen) atoms. The number of hydrogen-bond acceptors (Lipinski definition) is 9. The number of phenols is 1. The number of aromatic nitrogens is 2. The number of carbonyl (C=O) groups is 2. The molecule has 1 aliphatic heterocycles. The Labute approximate surface area is 310 Å². The Bertz CT molecular complexity index is 2410. The minimum atomic E-state index is -0.589. The summed E-state index contributed by atoms with van der Waals surface area (Å²) in [5, 5.41) is 18.8. The van der Waals surface area contributed by atoms with Gasteiger partial charge in [0.25, 0.3) is 11.8 Å². The van der Waals surface area contributed by atoms with Crippen molar-refractivity contribution in [2.75, 3.05) is 32.1 Å². The molecule has 270 valence electrons. The molecular formula is C41H40N6O5S. The summed E-state index contributed by atoms with van der Waals surface area (Å²) < 4.78 is 5.39. The first kappa shape index (κ1) is 35.5. The van der Waals surface area contributed by atoms with Crippen molar-refractivity contribution >= 4 is 56.8 Å². The van der Waals surface area contributed by atoms with Crippen molar-refractivity contribution in [3.05, 3.63) is 124 Å². The molecule has 2 amide bonds. The Balaban J connectivity index is 1.01. The van der Waals surface area contributed by atoms with E-state index in [9.17, 15) is 19.5 Å². The van der Waals surface area contributed by atoms with Crippen molar-refractivity contribution in [2.45, 2.75) is 42.0 Å². The van der Waals surface area contributed by atoms with Gasteiger partial charge in [0.15, 0.2) is 0 Å².